The summed E-state index contributed by atoms with van der Waals surface area (Å²) in [6.07, 6.45) is -0.692. The van der Waals surface area contributed by atoms with Crippen molar-refractivity contribution in [3.05, 3.63) is 11.4 Å². The fourth-order valence-electron chi connectivity index (χ4n) is 1.90. The molecule has 0 radical (unpaired) electrons. The van der Waals surface area contributed by atoms with Gasteiger partial charge in [0.2, 0.25) is 6.04 Å². The highest BCUT2D eigenvalue weighted by molar-refractivity contribution is 5.01. The maximum atomic E-state index is 9.24. The molecule has 0 amide bonds. The molecule has 0 aromatic rings. The maximum Gasteiger partial charge on any atom is 0.236 e. The second kappa shape index (κ2) is 3.62. The SMILES string of the molecule is [C-]#[N+]C1CCN(C)CC1(C)C(O)O. The number of hydrogen-bond donors (Lipinski definition) is 2. The van der Waals surface area contributed by atoms with E-state index in [1.54, 1.807) is 6.92 Å². The van der Waals surface area contributed by atoms with Crippen LogP contribution in [0, 0.1) is 12.0 Å². The van der Waals surface area contributed by atoms with Gasteiger partial charge < -0.3 is 20.0 Å². The summed E-state index contributed by atoms with van der Waals surface area (Å²) in [6.45, 7) is 10.2. The third-order valence-corrected chi connectivity index (χ3v) is 2.90. The summed E-state index contributed by atoms with van der Waals surface area (Å²) in [5, 5.41) is 18.5. The van der Waals surface area contributed by atoms with Gasteiger partial charge >= 0.3 is 0 Å². The molecule has 2 atom stereocenters. The van der Waals surface area contributed by atoms with Gasteiger partial charge in [0.15, 0.2) is 6.29 Å². The smallest absolute Gasteiger partial charge is 0.236 e. The molecule has 0 aromatic heterocycles. The van der Waals surface area contributed by atoms with Crippen LogP contribution in [0.25, 0.3) is 4.85 Å². The average Bonchev–Trinajstić information content (AvgIpc) is 2.04. The van der Waals surface area contributed by atoms with Crippen LogP contribution in [0.5, 0.6) is 0 Å². The Morgan fingerprint density at radius 2 is 2.23 bits per heavy atom. The van der Waals surface area contributed by atoms with E-state index in [9.17, 15) is 10.2 Å². The zero-order chi connectivity index (χ0) is 10.1. The number of aliphatic hydroxyl groups excluding tert-OH is 1. The molecule has 4 nitrogen and oxygen atoms in total. The van der Waals surface area contributed by atoms with Crippen molar-refractivity contribution in [3.8, 4) is 0 Å². The molecule has 1 aliphatic rings. The Kier molecular flexibility index (Phi) is 2.91. The quantitative estimate of drug-likeness (QED) is 0.443. The van der Waals surface area contributed by atoms with Gasteiger partial charge in [0.05, 0.1) is 0 Å². The van der Waals surface area contributed by atoms with E-state index in [0.29, 0.717) is 13.0 Å². The lowest BCUT2D eigenvalue weighted by Crippen LogP contribution is -2.53. The summed E-state index contributed by atoms with van der Waals surface area (Å²) in [7, 11) is 1.93. The van der Waals surface area contributed by atoms with Crippen LogP contribution in [0.15, 0.2) is 0 Å². The molecule has 2 N–H and O–H groups in total. The monoisotopic (exact) mass is 184 g/mol. The first-order valence-electron chi connectivity index (χ1n) is 4.42. The highest BCUT2D eigenvalue weighted by atomic mass is 16.5. The fraction of sp³-hybridized carbons (Fsp3) is 0.889. The molecule has 0 saturated carbocycles. The van der Waals surface area contributed by atoms with E-state index in [1.807, 2.05) is 11.9 Å². The summed E-state index contributed by atoms with van der Waals surface area (Å²) >= 11 is 0. The van der Waals surface area contributed by atoms with Gasteiger partial charge in [-0.25, -0.2) is 6.57 Å². The second-order valence-electron chi connectivity index (χ2n) is 4.05. The molecule has 0 aromatic carbocycles. The van der Waals surface area contributed by atoms with E-state index in [4.69, 9.17) is 6.57 Å². The number of hydrogen-bond acceptors (Lipinski definition) is 3. The first-order chi connectivity index (χ1) is 6.00. The van der Waals surface area contributed by atoms with E-state index >= 15 is 0 Å². The Bertz CT molecular complexity index is 224. The minimum absolute atomic E-state index is 0.274. The lowest BCUT2D eigenvalue weighted by molar-refractivity contribution is -0.149. The van der Waals surface area contributed by atoms with Crippen LogP contribution in [0.3, 0.4) is 0 Å². The van der Waals surface area contributed by atoms with Gasteiger partial charge in [-0.15, -0.1) is 0 Å². The number of piperidine rings is 1. The van der Waals surface area contributed by atoms with Crippen LogP contribution in [-0.4, -0.2) is 47.6 Å². The van der Waals surface area contributed by atoms with Crippen LogP contribution in [0.2, 0.25) is 0 Å². The summed E-state index contributed by atoms with van der Waals surface area (Å²) < 4.78 is 0. The van der Waals surface area contributed by atoms with Crippen LogP contribution in [0.1, 0.15) is 13.3 Å². The van der Waals surface area contributed by atoms with E-state index in [0.717, 1.165) is 6.54 Å². The fourth-order valence-corrected chi connectivity index (χ4v) is 1.90. The van der Waals surface area contributed by atoms with Crippen molar-refractivity contribution in [1.82, 2.24) is 4.90 Å². The van der Waals surface area contributed by atoms with Crippen LogP contribution >= 0.6 is 0 Å². The van der Waals surface area contributed by atoms with Crippen molar-refractivity contribution in [2.75, 3.05) is 20.1 Å². The van der Waals surface area contributed by atoms with Crippen molar-refractivity contribution in [2.24, 2.45) is 5.41 Å². The molecule has 2 unspecified atom stereocenters. The molecular formula is C9H16N2O2. The van der Waals surface area contributed by atoms with Crippen LogP contribution < -0.4 is 0 Å². The predicted molar refractivity (Wildman–Crippen MR) is 48.8 cm³/mol. The highest BCUT2D eigenvalue weighted by Gasteiger charge is 2.48. The molecule has 0 spiro atoms. The summed E-state index contributed by atoms with van der Waals surface area (Å²) in [6, 6.07) is -0.274. The lowest BCUT2D eigenvalue weighted by atomic mass is 9.77. The van der Waals surface area contributed by atoms with Crippen LogP contribution in [0.4, 0.5) is 0 Å². The van der Waals surface area contributed by atoms with E-state index in [2.05, 4.69) is 4.85 Å². The number of likely N-dealkylation sites (tertiary alicyclic amines) is 1. The molecule has 1 fully saturated rings. The van der Waals surface area contributed by atoms with E-state index in [-0.39, 0.29) is 6.04 Å². The first-order valence-corrected chi connectivity index (χ1v) is 4.42. The van der Waals surface area contributed by atoms with Crippen molar-refractivity contribution in [2.45, 2.75) is 25.7 Å². The Labute approximate surface area is 78.6 Å². The Morgan fingerprint density at radius 3 is 2.69 bits per heavy atom. The standard InChI is InChI=1S/C9H16N2O2/c1-9(8(12)13)6-11(3)5-4-7(9)10-2/h7-8,12-13H,4-6H2,1,3H3. The number of rotatable bonds is 1. The van der Waals surface area contributed by atoms with Crippen LogP contribution in [-0.2, 0) is 0 Å². The molecule has 4 heteroatoms. The van der Waals surface area contributed by atoms with Gasteiger partial charge in [-0.1, -0.05) is 0 Å². The van der Waals surface area contributed by atoms with Gasteiger partial charge in [-0.05, 0) is 14.0 Å². The number of nitrogens with zero attached hydrogens (tertiary/aromatic N) is 2. The van der Waals surface area contributed by atoms with Gasteiger partial charge in [0.25, 0.3) is 0 Å². The molecule has 74 valence electrons. The Hall–Kier alpha value is -0.630. The maximum absolute atomic E-state index is 9.24. The normalized spacial score (nSPS) is 36.2. The predicted octanol–water partition coefficient (Wildman–Crippen LogP) is -0.0732. The molecule has 0 aliphatic carbocycles. The summed E-state index contributed by atoms with van der Waals surface area (Å²) in [4.78, 5) is 5.49. The summed E-state index contributed by atoms with van der Waals surface area (Å²) in [5.41, 5.74) is -0.700. The Morgan fingerprint density at radius 1 is 1.62 bits per heavy atom. The van der Waals surface area contributed by atoms with Crippen molar-refractivity contribution >= 4 is 0 Å². The minimum Gasteiger partial charge on any atom is -0.367 e. The van der Waals surface area contributed by atoms with E-state index in [1.165, 1.54) is 0 Å². The average molecular weight is 184 g/mol. The molecular weight excluding hydrogens is 168 g/mol. The van der Waals surface area contributed by atoms with Crippen molar-refractivity contribution < 1.29 is 10.2 Å². The molecule has 1 rings (SSSR count). The molecule has 13 heavy (non-hydrogen) atoms. The highest BCUT2D eigenvalue weighted by Crippen LogP contribution is 2.34. The zero-order valence-corrected chi connectivity index (χ0v) is 8.06. The molecule has 1 saturated heterocycles. The second-order valence-corrected chi connectivity index (χ2v) is 4.05. The molecule has 1 aliphatic heterocycles. The third-order valence-electron chi connectivity index (χ3n) is 2.90. The van der Waals surface area contributed by atoms with Crippen molar-refractivity contribution in [1.29, 1.82) is 0 Å². The molecule has 0 bridgehead atoms. The first kappa shape index (κ1) is 10.5. The van der Waals surface area contributed by atoms with Crippen molar-refractivity contribution in [3.63, 3.8) is 0 Å². The third kappa shape index (κ3) is 1.83. The lowest BCUT2D eigenvalue weighted by Gasteiger charge is -2.39. The van der Waals surface area contributed by atoms with Gasteiger partial charge in [-0.2, -0.15) is 0 Å². The van der Waals surface area contributed by atoms with E-state index < -0.39 is 11.7 Å². The zero-order valence-electron chi connectivity index (χ0n) is 8.06. The number of aliphatic hydroxyl groups is 2. The topological polar surface area (TPSA) is 48.1 Å². The van der Waals surface area contributed by atoms with Gasteiger partial charge in [0, 0.05) is 19.5 Å². The largest absolute Gasteiger partial charge is 0.367 e. The Balaban J connectivity index is 2.82. The van der Waals surface area contributed by atoms with Gasteiger partial charge in [-0.3, -0.25) is 0 Å². The van der Waals surface area contributed by atoms with Gasteiger partial charge in [0.1, 0.15) is 5.41 Å². The minimum atomic E-state index is -1.41. The molecule has 1 heterocycles. The summed E-state index contributed by atoms with van der Waals surface area (Å²) in [5.74, 6) is 0.